The lowest BCUT2D eigenvalue weighted by molar-refractivity contribution is 0.0172. The average molecular weight is 469 g/mol. The van der Waals surface area contributed by atoms with Crippen molar-refractivity contribution in [2.24, 2.45) is 0 Å². The second-order valence-electron chi connectivity index (χ2n) is 7.49. The van der Waals surface area contributed by atoms with Crippen molar-refractivity contribution in [1.82, 2.24) is 9.62 Å². The topological polar surface area (TPSA) is 102 Å². The highest BCUT2D eigenvalue weighted by molar-refractivity contribution is 7.91. The summed E-state index contributed by atoms with van der Waals surface area (Å²) in [4.78, 5) is 2.11. The zero-order chi connectivity index (χ0) is 22.6. The van der Waals surface area contributed by atoms with Gasteiger partial charge in [0.05, 0.1) is 30.1 Å². The number of ether oxygens (including phenoxy) is 2. The van der Waals surface area contributed by atoms with Crippen LogP contribution in [0, 0.1) is 6.92 Å². The van der Waals surface area contributed by atoms with Gasteiger partial charge in [0, 0.05) is 31.9 Å². The van der Waals surface area contributed by atoms with E-state index in [0.717, 1.165) is 17.6 Å². The number of sulfone groups is 1. The molecule has 10 heteroatoms. The molecule has 0 saturated carbocycles. The highest BCUT2D eigenvalue weighted by Gasteiger charge is 2.26. The molecular weight excluding hydrogens is 440 g/mol. The Morgan fingerprint density at radius 3 is 2.29 bits per heavy atom. The first-order chi connectivity index (χ1) is 14.6. The summed E-state index contributed by atoms with van der Waals surface area (Å²) in [5.74, 6) is 0.721. The van der Waals surface area contributed by atoms with E-state index in [1.165, 1.54) is 18.2 Å². The number of methoxy groups -OCH3 is 1. The number of rotatable bonds is 8. The number of nitrogens with zero attached hydrogens (tertiary/aromatic N) is 1. The van der Waals surface area contributed by atoms with Crippen LogP contribution in [0.3, 0.4) is 0 Å². The first-order valence-electron chi connectivity index (χ1n) is 9.88. The Kier molecular flexibility index (Phi) is 7.38. The summed E-state index contributed by atoms with van der Waals surface area (Å²) in [5.41, 5.74) is 1.43. The van der Waals surface area contributed by atoms with Crippen LogP contribution in [0.4, 0.5) is 0 Å². The van der Waals surface area contributed by atoms with E-state index in [-0.39, 0.29) is 22.4 Å². The van der Waals surface area contributed by atoms with Crippen molar-refractivity contribution >= 4 is 19.9 Å². The number of sulfonamides is 1. The van der Waals surface area contributed by atoms with Crippen molar-refractivity contribution < 1.29 is 26.3 Å². The van der Waals surface area contributed by atoms with E-state index in [1.54, 1.807) is 14.0 Å². The Balaban J connectivity index is 1.88. The molecule has 0 bridgehead atoms. The zero-order valence-corrected chi connectivity index (χ0v) is 19.5. The Hall–Kier alpha value is -1.98. The quantitative estimate of drug-likeness (QED) is 0.630. The van der Waals surface area contributed by atoms with Crippen molar-refractivity contribution in [2.75, 3.05) is 46.2 Å². The van der Waals surface area contributed by atoms with Crippen molar-refractivity contribution in [3.8, 4) is 5.75 Å². The third-order valence-electron chi connectivity index (χ3n) is 5.33. The Morgan fingerprint density at radius 2 is 1.71 bits per heavy atom. The van der Waals surface area contributed by atoms with Crippen molar-refractivity contribution in [2.45, 2.75) is 22.8 Å². The van der Waals surface area contributed by atoms with E-state index in [9.17, 15) is 16.8 Å². The fourth-order valence-electron chi connectivity index (χ4n) is 3.54. The van der Waals surface area contributed by atoms with Gasteiger partial charge in [-0.25, -0.2) is 21.6 Å². The van der Waals surface area contributed by atoms with Crippen LogP contribution >= 0.6 is 0 Å². The van der Waals surface area contributed by atoms with E-state index >= 15 is 0 Å². The maximum Gasteiger partial charge on any atom is 0.240 e. The molecule has 1 aliphatic heterocycles. The average Bonchev–Trinajstić information content (AvgIpc) is 2.74. The summed E-state index contributed by atoms with van der Waals surface area (Å²) >= 11 is 0. The summed E-state index contributed by atoms with van der Waals surface area (Å²) in [7, 11) is -5.86. The van der Waals surface area contributed by atoms with Gasteiger partial charge in [0.25, 0.3) is 0 Å². The number of benzene rings is 2. The summed E-state index contributed by atoms with van der Waals surface area (Å²) < 4.78 is 63.3. The number of morpholine rings is 1. The van der Waals surface area contributed by atoms with Gasteiger partial charge < -0.3 is 9.47 Å². The van der Waals surface area contributed by atoms with Crippen LogP contribution in [-0.2, 0) is 24.6 Å². The molecule has 1 saturated heterocycles. The van der Waals surface area contributed by atoms with Crippen molar-refractivity contribution in [3.05, 3.63) is 53.6 Å². The highest BCUT2D eigenvalue weighted by Crippen LogP contribution is 2.25. The third-order valence-corrected chi connectivity index (χ3v) is 8.01. The number of hydrogen-bond donors (Lipinski definition) is 1. The van der Waals surface area contributed by atoms with Crippen LogP contribution in [0.2, 0.25) is 0 Å². The lowest BCUT2D eigenvalue weighted by atomic mass is 10.0. The molecule has 1 aliphatic rings. The van der Waals surface area contributed by atoms with E-state index < -0.39 is 19.9 Å². The predicted octanol–water partition coefficient (Wildman–Crippen LogP) is 1.76. The molecule has 1 unspecified atom stereocenters. The molecule has 0 aromatic heterocycles. The van der Waals surface area contributed by atoms with Gasteiger partial charge in [0.15, 0.2) is 9.84 Å². The molecule has 2 aromatic rings. The van der Waals surface area contributed by atoms with Gasteiger partial charge in [-0.05, 0) is 42.3 Å². The molecule has 8 nitrogen and oxygen atoms in total. The smallest absolute Gasteiger partial charge is 0.240 e. The largest absolute Gasteiger partial charge is 0.497 e. The molecule has 1 N–H and O–H groups in total. The Bertz CT molecular complexity index is 1110. The second-order valence-corrected chi connectivity index (χ2v) is 11.2. The lowest BCUT2D eigenvalue weighted by Gasteiger charge is -2.35. The third kappa shape index (κ3) is 5.83. The molecule has 0 radical (unpaired) electrons. The van der Waals surface area contributed by atoms with Gasteiger partial charge in [-0.3, -0.25) is 4.90 Å². The fourth-order valence-corrected chi connectivity index (χ4v) is 5.57. The van der Waals surface area contributed by atoms with Gasteiger partial charge in [-0.2, -0.15) is 0 Å². The van der Waals surface area contributed by atoms with E-state index in [1.807, 2.05) is 24.3 Å². The standard InChI is InChI=1S/C21H28N2O6S2/c1-16-4-9-19(30(3,24)25)14-21(16)31(26,27)22-15-20(23-10-12-29-13-11-23)17-5-7-18(28-2)8-6-17/h4-9,14,20,22H,10-13,15H2,1-3H3. The molecule has 3 rings (SSSR count). The number of hydrogen-bond acceptors (Lipinski definition) is 7. The summed E-state index contributed by atoms with van der Waals surface area (Å²) in [5, 5.41) is 0. The van der Waals surface area contributed by atoms with Crippen LogP contribution in [0.5, 0.6) is 5.75 Å². The summed E-state index contributed by atoms with van der Waals surface area (Å²) in [6, 6.07) is 11.5. The molecule has 170 valence electrons. The van der Waals surface area contributed by atoms with Crippen LogP contribution in [0.25, 0.3) is 0 Å². The molecule has 1 atom stereocenters. The minimum atomic E-state index is -3.93. The Labute approximate surface area is 184 Å². The van der Waals surface area contributed by atoms with Crippen LogP contribution in [0.15, 0.2) is 52.3 Å². The molecule has 2 aromatic carbocycles. The van der Waals surface area contributed by atoms with E-state index in [2.05, 4.69) is 9.62 Å². The van der Waals surface area contributed by atoms with Crippen LogP contribution in [0.1, 0.15) is 17.2 Å². The van der Waals surface area contributed by atoms with Gasteiger partial charge >= 0.3 is 0 Å². The van der Waals surface area contributed by atoms with Crippen molar-refractivity contribution in [3.63, 3.8) is 0 Å². The number of nitrogens with one attached hydrogen (secondary N) is 1. The molecule has 0 spiro atoms. The maximum absolute atomic E-state index is 13.1. The first-order valence-corrected chi connectivity index (χ1v) is 13.3. The normalized spacial score (nSPS) is 16.7. The first kappa shape index (κ1) is 23.7. The van der Waals surface area contributed by atoms with Crippen LogP contribution in [-0.4, -0.2) is 67.9 Å². The van der Waals surface area contributed by atoms with Gasteiger partial charge in [0.1, 0.15) is 5.75 Å². The lowest BCUT2D eigenvalue weighted by Crippen LogP contribution is -2.43. The van der Waals surface area contributed by atoms with Crippen molar-refractivity contribution in [1.29, 1.82) is 0 Å². The monoisotopic (exact) mass is 468 g/mol. The molecule has 1 fully saturated rings. The zero-order valence-electron chi connectivity index (χ0n) is 17.9. The molecule has 0 aliphatic carbocycles. The fraction of sp³-hybridized carbons (Fsp3) is 0.429. The van der Waals surface area contributed by atoms with Gasteiger partial charge in [-0.15, -0.1) is 0 Å². The van der Waals surface area contributed by atoms with E-state index in [4.69, 9.17) is 9.47 Å². The van der Waals surface area contributed by atoms with Crippen LogP contribution < -0.4 is 9.46 Å². The Morgan fingerprint density at radius 1 is 1.06 bits per heavy atom. The summed E-state index contributed by atoms with van der Waals surface area (Å²) in [6.45, 7) is 4.30. The molecular formula is C21H28N2O6S2. The molecule has 0 amide bonds. The van der Waals surface area contributed by atoms with Gasteiger partial charge in [0.2, 0.25) is 10.0 Å². The second kappa shape index (κ2) is 9.66. The van der Waals surface area contributed by atoms with E-state index in [0.29, 0.717) is 31.9 Å². The van der Waals surface area contributed by atoms with Gasteiger partial charge in [-0.1, -0.05) is 18.2 Å². The maximum atomic E-state index is 13.1. The minimum absolute atomic E-state index is 0.0293. The predicted molar refractivity (Wildman–Crippen MR) is 118 cm³/mol. The summed E-state index contributed by atoms with van der Waals surface area (Å²) in [6.07, 6.45) is 1.06. The molecule has 31 heavy (non-hydrogen) atoms. The minimum Gasteiger partial charge on any atom is -0.497 e. The molecule has 1 heterocycles. The number of aryl methyl sites for hydroxylation is 1. The SMILES string of the molecule is COc1ccc(C(CNS(=O)(=O)c2cc(S(C)(=O)=O)ccc2C)N2CCOCC2)cc1. The highest BCUT2D eigenvalue weighted by atomic mass is 32.2.